The highest BCUT2D eigenvalue weighted by Crippen LogP contribution is 2.12. The molecule has 0 aliphatic rings. The van der Waals surface area contributed by atoms with Crippen LogP contribution in [0.3, 0.4) is 0 Å². The average molecular weight is 280 g/mol. The first kappa shape index (κ1) is 13.6. The highest BCUT2D eigenvalue weighted by Gasteiger charge is 2.07. The molecular weight excluding hydrogens is 260 g/mol. The zero-order chi connectivity index (χ0) is 14.7. The Morgan fingerprint density at radius 2 is 1.86 bits per heavy atom. The SMILES string of the molecule is CCc1cc(CC)n(Cc2cnn(-c3ccccc3)c2)n1. The van der Waals surface area contributed by atoms with Crippen molar-refractivity contribution in [1.82, 2.24) is 19.6 Å². The largest absolute Gasteiger partial charge is 0.265 e. The van der Waals surface area contributed by atoms with E-state index >= 15 is 0 Å². The van der Waals surface area contributed by atoms with Crippen LogP contribution in [0.15, 0.2) is 48.8 Å². The highest BCUT2D eigenvalue weighted by atomic mass is 15.3. The maximum atomic E-state index is 4.66. The van der Waals surface area contributed by atoms with Crippen LogP contribution >= 0.6 is 0 Å². The number of rotatable bonds is 5. The van der Waals surface area contributed by atoms with E-state index in [-0.39, 0.29) is 0 Å². The molecule has 0 atom stereocenters. The fourth-order valence-corrected chi connectivity index (χ4v) is 2.45. The summed E-state index contributed by atoms with van der Waals surface area (Å²) < 4.78 is 4.00. The summed E-state index contributed by atoms with van der Waals surface area (Å²) in [5.41, 5.74) is 4.68. The minimum Gasteiger partial charge on any atom is -0.265 e. The molecule has 0 N–H and O–H groups in total. The molecule has 0 unspecified atom stereocenters. The monoisotopic (exact) mass is 280 g/mol. The molecule has 3 rings (SSSR count). The van der Waals surface area contributed by atoms with Gasteiger partial charge in [0.1, 0.15) is 0 Å². The van der Waals surface area contributed by atoms with Gasteiger partial charge in [0.25, 0.3) is 0 Å². The number of aromatic nitrogens is 4. The Morgan fingerprint density at radius 3 is 2.57 bits per heavy atom. The smallest absolute Gasteiger partial charge is 0.0693 e. The van der Waals surface area contributed by atoms with Gasteiger partial charge in [-0.2, -0.15) is 10.2 Å². The van der Waals surface area contributed by atoms with Crippen molar-refractivity contribution in [3.8, 4) is 5.69 Å². The summed E-state index contributed by atoms with van der Waals surface area (Å²) in [6.07, 6.45) is 5.96. The molecule has 0 saturated heterocycles. The molecule has 0 bridgehead atoms. The molecule has 0 aliphatic heterocycles. The van der Waals surface area contributed by atoms with Crippen molar-refractivity contribution in [3.63, 3.8) is 0 Å². The van der Waals surface area contributed by atoms with Gasteiger partial charge in [-0.3, -0.25) is 4.68 Å². The number of aryl methyl sites for hydroxylation is 2. The fourth-order valence-electron chi connectivity index (χ4n) is 2.45. The Kier molecular flexibility index (Phi) is 3.86. The van der Waals surface area contributed by atoms with Crippen molar-refractivity contribution >= 4 is 0 Å². The van der Waals surface area contributed by atoms with E-state index in [9.17, 15) is 0 Å². The predicted octanol–water partition coefficient (Wildman–Crippen LogP) is 3.24. The minimum absolute atomic E-state index is 0.774. The third-order valence-corrected chi connectivity index (χ3v) is 3.63. The molecule has 108 valence electrons. The molecule has 2 aromatic heterocycles. The van der Waals surface area contributed by atoms with Crippen molar-refractivity contribution in [3.05, 3.63) is 65.7 Å². The summed E-state index contributed by atoms with van der Waals surface area (Å²) in [4.78, 5) is 0. The number of nitrogens with zero attached hydrogens (tertiary/aromatic N) is 4. The molecule has 3 aromatic rings. The van der Waals surface area contributed by atoms with Gasteiger partial charge in [-0.15, -0.1) is 0 Å². The lowest BCUT2D eigenvalue weighted by atomic mass is 10.2. The lowest BCUT2D eigenvalue weighted by molar-refractivity contribution is 0.640. The van der Waals surface area contributed by atoms with Crippen LogP contribution < -0.4 is 0 Å². The van der Waals surface area contributed by atoms with Crippen LogP contribution in [-0.2, 0) is 19.4 Å². The van der Waals surface area contributed by atoms with Crippen LogP contribution in [0, 0.1) is 0 Å². The predicted molar refractivity (Wildman–Crippen MR) is 83.6 cm³/mol. The Labute approximate surface area is 125 Å². The Bertz CT molecular complexity index is 709. The zero-order valence-electron chi connectivity index (χ0n) is 12.5. The molecule has 0 radical (unpaired) electrons. The molecule has 4 heteroatoms. The molecule has 0 aliphatic carbocycles. The van der Waals surface area contributed by atoms with E-state index in [0.29, 0.717) is 0 Å². The standard InChI is InChI=1S/C17H20N4/c1-3-15-10-16(4-2)21(19-15)13-14-11-18-20(12-14)17-8-6-5-7-9-17/h5-12H,3-4,13H2,1-2H3. The topological polar surface area (TPSA) is 35.6 Å². The molecule has 0 amide bonds. The normalized spacial score (nSPS) is 11.0. The second-order valence-corrected chi connectivity index (χ2v) is 5.12. The molecule has 2 heterocycles. The Balaban J connectivity index is 1.83. The number of benzene rings is 1. The average Bonchev–Trinajstić information content (AvgIpc) is 3.15. The van der Waals surface area contributed by atoms with E-state index in [1.54, 1.807) is 0 Å². The van der Waals surface area contributed by atoms with Crippen molar-refractivity contribution in [1.29, 1.82) is 0 Å². The van der Waals surface area contributed by atoms with Crippen LogP contribution in [-0.4, -0.2) is 19.6 Å². The van der Waals surface area contributed by atoms with Crippen LogP contribution in [0.5, 0.6) is 0 Å². The van der Waals surface area contributed by atoms with Gasteiger partial charge in [-0.05, 0) is 31.0 Å². The van der Waals surface area contributed by atoms with Crippen LogP contribution in [0.1, 0.15) is 30.8 Å². The van der Waals surface area contributed by atoms with E-state index in [4.69, 9.17) is 0 Å². The summed E-state index contributed by atoms with van der Waals surface area (Å²) in [6, 6.07) is 12.4. The minimum atomic E-state index is 0.774. The maximum Gasteiger partial charge on any atom is 0.0693 e. The van der Waals surface area contributed by atoms with Gasteiger partial charge in [0.15, 0.2) is 0 Å². The molecule has 0 saturated carbocycles. The van der Waals surface area contributed by atoms with Crippen molar-refractivity contribution in [2.24, 2.45) is 0 Å². The Hall–Kier alpha value is -2.36. The highest BCUT2D eigenvalue weighted by molar-refractivity contribution is 5.31. The third-order valence-electron chi connectivity index (χ3n) is 3.63. The van der Waals surface area contributed by atoms with Gasteiger partial charge in [0.2, 0.25) is 0 Å². The van der Waals surface area contributed by atoms with Crippen molar-refractivity contribution < 1.29 is 0 Å². The van der Waals surface area contributed by atoms with E-state index in [0.717, 1.165) is 30.8 Å². The van der Waals surface area contributed by atoms with E-state index in [2.05, 4.69) is 53.1 Å². The fraction of sp³-hybridized carbons (Fsp3) is 0.294. The van der Waals surface area contributed by atoms with Crippen molar-refractivity contribution in [2.45, 2.75) is 33.2 Å². The summed E-state index contributed by atoms with van der Waals surface area (Å²) in [5, 5.41) is 9.10. The van der Waals surface area contributed by atoms with E-state index < -0.39 is 0 Å². The summed E-state index contributed by atoms with van der Waals surface area (Å²) in [7, 11) is 0. The van der Waals surface area contributed by atoms with Gasteiger partial charge in [-0.25, -0.2) is 4.68 Å². The van der Waals surface area contributed by atoms with Gasteiger partial charge in [0.05, 0.1) is 24.1 Å². The number of hydrogen-bond donors (Lipinski definition) is 0. The molecule has 1 aromatic carbocycles. The van der Waals surface area contributed by atoms with Gasteiger partial charge >= 0.3 is 0 Å². The second-order valence-electron chi connectivity index (χ2n) is 5.12. The summed E-state index contributed by atoms with van der Waals surface area (Å²) >= 11 is 0. The maximum absolute atomic E-state index is 4.66. The lowest BCUT2D eigenvalue weighted by Gasteiger charge is -2.03. The molecule has 0 fully saturated rings. The lowest BCUT2D eigenvalue weighted by Crippen LogP contribution is -2.05. The van der Waals surface area contributed by atoms with Crippen LogP contribution in [0.25, 0.3) is 5.69 Å². The Morgan fingerprint density at radius 1 is 1.05 bits per heavy atom. The molecule has 21 heavy (non-hydrogen) atoms. The first-order valence-corrected chi connectivity index (χ1v) is 7.44. The summed E-state index contributed by atoms with van der Waals surface area (Å²) in [5.74, 6) is 0. The molecular formula is C17H20N4. The van der Waals surface area contributed by atoms with E-state index in [1.807, 2.05) is 29.1 Å². The first-order valence-electron chi connectivity index (χ1n) is 7.44. The quantitative estimate of drug-likeness (QED) is 0.719. The third kappa shape index (κ3) is 2.89. The van der Waals surface area contributed by atoms with Crippen LogP contribution in [0.4, 0.5) is 0 Å². The number of para-hydroxylation sites is 1. The van der Waals surface area contributed by atoms with Gasteiger partial charge in [-0.1, -0.05) is 32.0 Å². The van der Waals surface area contributed by atoms with Crippen molar-refractivity contribution in [2.75, 3.05) is 0 Å². The number of hydrogen-bond acceptors (Lipinski definition) is 2. The van der Waals surface area contributed by atoms with Gasteiger partial charge in [0, 0.05) is 17.5 Å². The molecule has 0 spiro atoms. The molecule has 4 nitrogen and oxygen atoms in total. The van der Waals surface area contributed by atoms with Crippen LogP contribution in [0.2, 0.25) is 0 Å². The van der Waals surface area contributed by atoms with Gasteiger partial charge < -0.3 is 0 Å². The zero-order valence-corrected chi connectivity index (χ0v) is 12.5. The van der Waals surface area contributed by atoms with E-state index in [1.165, 1.54) is 11.3 Å². The first-order chi connectivity index (χ1) is 10.3. The summed E-state index contributed by atoms with van der Waals surface area (Å²) in [6.45, 7) is 5.08. The second kappa shape index (κ2) is 5.95.